The Balaban J connectivity index is 1.85. The van der Waals surface area contributed by atoms with E-state index in [0.29, 0.717) is 23.0 Å². The van der Waals surface area contributed by atoms with Gasteiger partial charge in [0.2, 0.25) is 10.0 Å². The van der Waals surface area contributed by atoms with E-state index < -0.39 is 10.0 Å². The summed E-state index contributed by atoms with van der Waals surface area (Å²) in [5, 5.41) is 8.29. The quantitative estimate of drug-likeness (QED) is 0.679. The molecule has 0 saturated heterocycles. The number of nitrogens with zero attached hydrogens (tertiary/aromatic N) is 2. The number of sulfonamides is 1. The Morgan fingerprint density at radius 1 is 1.25 bits per heavy atom. The summed E-state index contributed by atoms with van der Waals surface area (Å²) in [6.07, 6.45) is 10.0. The number of hydrogen-bond donors (Lipinski definition) is 3. The summed E-state index contributed by atoms with van der Waals surface area (Å²) in [4.78, 5) is 24.4. The van der Waals surface area contributed by atoms with Crippen molar-refractivity contribution in [2.45, 2.75) is 63.3 Å². The van der Waals surface area contributed by atoms with Crippen molar-refractivity contribution < 1.29 is 13.2 Å². The fraction of sp³-hybridized carbons (Fsp3) is 0.526. The van der Waals surface area contributed by atoms with Gasteiger partial charge in [-0.2, -0.15) is 0 Å². The SMILES string of the molecule is Cc1[nH]c(C(=O)NC(CC2CCCCC2)c2ncccn2)c(C)c1S(N)(=O)=O. The maximum atomic E-state index is 12.9. The second kappa shape index (κ2) is 8.40. The van der Waals surface area contributed by atoms with E-state index in [9.17, 15) is 13.2 Å². The Hall–Kier alpha value is -2.26. The maximum absolute atomic E-state index is 12.9. The molecule has 0 aliphatic heterocycles. The van der Waals surface area contributed by atoms with Gasteiger partial charge in [-0.1, -0.05) is 32.1 Å². The van der Waals surface area contributed by atoms with E-state index in [1.807, 2.05) is 0 Å². The molecular weight excluding hydrogens is 378 g/mol. The number of aryl methyl sites for hydroxylation is 1. The van der Waals surface area contributed by atoms with Gasteiger partial charge in [0.05, 0.1) is 6.04 Å². The second-order valence-corrected chi connectivity index (χ2v) is 9.00. The van der Waals surface area contributed by atoms with Crippen LogP contribution in [0.3, 0.4) is 0 Å². The van der Waals surface area contributed by atoms with Gasteiger partial charge < -0.3 is 10.3 Å². The summed E-state index contributed by atoms with van der Waals surface area (Å²) in [6.45, 7) is 3.16. The minimum Gasteiger partial charge on any atom is -0.353 e. The first-order chi connectivity index (χ1) is 13.3. The zero-order valence-electron chi connectivity index (χ0n) is 16.2. The topological polar surface area (TPSA) is 131 Å². The highest BCUT2D eigenvalue weighted by Crippen LogP contribution is 2.31. The number of aromatic amines is 1. The molecule has 2 aromatic heterocycles. The zero-order valence-corrected chi connectivity index (χ0v) is 17.1. The molecule has 1 saturated carbocycles. The Kier molecular flexibility index (Phi) is 6.14. The Labute approximate surface area is 165 Å². The third-order valence-electron chi connectivity index (χ3n) is 5.38. The number of aromatic nitrogens is 3. The molecule has 2 heterocycles. The minimum atomic E-state index is -3.92. The number of primary sulfonamides is 1. The Morgan fingerprint density at radius 3 is 2.46 bits per heavy atom. The number of hydrogen-bond acceptors (Lipinski definition) is 5. The number of H-pyrrole nitrogens is 1. The van der Waals surface area contributed by atoms with E-state index in [1.165, 1.54) is 19.3 Å². The molecule has 152 valence electrons. The lowest BCUT2D eigenvalue weighted by atomic mass is 9.84. The molecule has 1 unspecified atom stereocenters. The van der Waals surface area contributed by atoms with Gasteiger partial charge in [0.25, 0.3) is 5.91 Å². The van der Waals surface area contributed by atoms with E-state index in [-0.39, 0.29) is 22.5 Å². The van der Waals surface area contributed by atoms with Gasteiger partial charge in [0, 0.05) is 18.1 Å². The highest BCUT2D eigenvalue weighted by Gasteiger charge is 2.28. The molecule has 9 heteroatoms. The van der Waals surface area contributed by atoms with Gasteiger partial charge in [-0.3, -0.25) is 4.79 Å². The molecule has 8 nitrogen and oxygen atoms in total. The number of carbonyl (C=O) groups is 1. The van der Waals surface area contributed by atoms with Crippen molar-refractivity contribution in [1.82, 2.24) is 20.3 Å². The van der Waals surface area contributed by atoms with Crippen LogP contribution in [0.15, 0.2) is 23.4 Å². The molecule has 3 rings (SSSR count). The smallest absolute Gasteiger partial charge is 0.268 e. The van der Waals surface area contributed by atoms with Crippen molar-refractivity contribution in [3.05, 3.63) is 41.2 Å². The molecule has 0 radical (unpaired) electrons. The monoisotopic (exact) mass is 405 g/mol. The number of nitrogens with two attached hydrogens (primary N) is 1. The van der Waals surface area contributed by atoms with Gasteiger partial charge >= 0.3 is 0 Å². The average Bonchev–Trinajstić information content (AvgIpc) is 2.97. The molecule has 0 bridgehead atoms. The van der Waals surface area contributed by atoms with Crippen molar-refractivity contribution in [3.8, 4) is 0 Å². The van der Waals surface area contributed by atoms with Gasteiger partial charge in [-0.15, -0.1) is 0 Å². The average molecular weight is 406 g/mol. The molecule has 1 aliphatic carbocycles. The molecule has 0 aromatic carbocycles. The van der Waals surface area contributed by atoms with Gasteiger partial charge in [0.15, 0.2) is 0 Å². The first-order valence-electron chi connectivity index (χ1n) is 9.57. The highest BCUT2D eigenvalue weighted by atomic mass is 32.2. The molecule has 1 fully saturated rings. The van der Waals surface area contributed by atoms with Crippen molar-refractivity contribution in [1.29, 1.82) is 0 Å². The molecule has 1 atom stereocenters. The maximum Gasteiger partial charge on any atom is 0.268 e. The summed E-state index contributed by atoms with van der Waals surface area (Å²) >= 11 is 0. The van der Waals surface area contributed by atoms with E-state index >= 15 is 0 Å². The van der Waals surface area contributed by atoms with Gasteiger partial charge in [0.1, 0.15) is 16.4 Å². The van der Waals surface area contributed by atoms with E-state index in [4.69, 9.17) is 5.14 Å². The normalized spacial score (nSPS) is 16.7. The standard InChI is InChI=1S/C19H27N5O3S/c1-12-16(23-13(2)17(12)28(20,26)27)19(25)24-15(18-21-9-6-10-22-18)11-14-7-4-3-5-8-14/h6,9-10,14-15,23H,3-5,7-8,11H2,1-2H3,(H,24,25)(H2,20,26,27). The molecule has 1 aliphatic rings. The van der Waals surface area contributed by atoms with E-state index in [0.717, 1.165) is 19.3 Å². The van der Waals surface area contributed by atoms with E-state index in [2.05, 4.69) is 20.3 Å². The van der Waals surface area contributed by atoms with Crippen LogP contribution in [0.5, 0.6) is 0 Å². The molecule has 1 amide bonds. The number of rotatable bonds is 6. The summed E-state index contributed by atoms with van der Waals surface area (Å²) in [7, 11) is -3.92. The lowest BCUT2D eigenvalue weighted by Crippen LogP contribution is -2.32. The zero-order chi connectivity index (χ0) is 20.3. The number of amides is 1. The van der Waals surface area contributed by atoms with Crippen LogP contribution in [0.25, 0.3) is 0 Å². The van der Waals surface area contributed by atoms with Crippen LogP contribution in [0, 0.1) is 19.8 Å². The van der Waals surface area contributed by atoms with Crippen molar-refractivity contribution in [2.75, 3.05) is 0 Å². The fourth-order valence-corrected chi connectivity index (χ4v) is 5.10. The van der Waals surface area contributed by atoms with Gasteiger partial charge in [-0.25, -0.2) is 23.5 Å². The van der Waals surface area contributed by atoms with Crippen LogP contribution in [-0.4, -0.2) is 29.3 Å². The lowest BCUT2D eigenvalue weighted by Gasteiger charge is -2.26. The minimum absolute atomic E-state index is 0.0301. The lowest BCUT2D eigenvalue weighted by molar-refractivity contribution is 0.0920. The highest BCUT2D eigenvalue weighted by molar-refractivity contribution is 7.89. The molecule has 2 aromatic rings. The van der Waals surface area contributed by atoms with Crippen molar-refractivity contribution >= 4 is 15.9 Å². The number of nitrogens with one attached hydrogen (secondary N) is 2. The predicted octanol–water partition coefficient (Wildman–Crippen LogP) is 2.51. The first kappa shape index (κ1) is 20.5. The summed E-state index contributed by atoms with van der Waals surface area (Å²) in [6, 6.07) is 1.40. The summed E-state index contributed by atoms with van der Waals surface area (Å²) in [5.41, 5.74) is 0.874. The van der Waals surface area contributed by atoms with Crippen LogP contribution in [-0.2, 0) is 10.0 Å². The Bertz CT molecular complexity index is 934. The molecule has 4 N–H and O–H groups in total. The Morgan fingerprint density at radius 2 is 1.89 bits per heavy atom. The largest absolute Gasteiger partial charge is 0.353 e. The van der Waals surface area contributed by atoms with Crippen molar-refractivity contribution in [2.24, 2.45) is 11.1 Å². The second-order valence-electron chi connectivity index (χ2n) is 7.50. The van der Waals surface area contributed by atoms with Crippen LogP contribution in [0.2, 0.25) is 0 Å². The summed E-state index contributed by atoms with van der Waals surface area (Å²) in [5.74, 6) is 0.687. The third-order valence-corrected chi connectivity index (χ3v) is 6.56. The van der Waals surface area contributed by atoms with Crippen LogP contribution >= 0.6 is 0 Å². The van der Waals surface area contributed by atoms with Gasteiger partial charge in [-0.05, 0) is 37.8 Å². The molecule has 28 heavy (non-hydrogen) atoms. The fourth-order valence-electron chi connectivity index (χ4n) is 4.09. The van der Waals surface area contributed by atoms with Crippen molar-refractivity contribution in [3.63, 3.8) is 0 Å². The first-order valence-corrected chi connectivity index (χ1v) is 11.1. The van der Waals surface area contributed by atoms with Crippen LogP contribution in [0.1, 0.15) is 72.1 Å². The third kappa shape index (κ3) is 4.59. The van der Waals surface area contributed by atoms with Crippen LogP contribution in [0.4, 0.5) is 0 Å². The molecule has 0 spiro atoms. The number of carbonyl (C=O) groups excluding carboxylic acids is 1. The summed E-state index contributed by atoms with van der Waals surface area (Å²) < 4.78 is 23.6. The van der Waals surface area contributed by atoms with Crippen LogP contribution < -0.4 is 10.5 Å². The van der Waals surface area contributed by atoms with E-state index in [1.54, 1.807) is 32.3 Å². The predicted molar refractivity (Wildman–Crippen MR) is 105 cm³/mol. The molecular formula is C19H27N5O3S.